The topological polar surface area (TPSA) is 93.5 Å². The quantitative estimate of drug-likeness (QED) is 0.649. The smallest absolute Gasteiger partial charge is 0.411 e. The monoisotopic (exact) mass is 319 g/mol. The molecule has 0 aromatic heterocycles. The molecule has 120 valence electrons. The van der Waals surface area contributed by atoms with Gasteiger partial charge in [-0.15, -0.1) is 0 Å². The van der Waals surface area contributed by atoms with Crippen molar-refractivity contribution in [1.29, 1.82) is 0 Å². The van der Waals surface area contributed by atoms with E-state index in [-0.39, 0.29) is 17.2 Å². The fraction of sp³-hybridized carbons (Fsp3) is 0.133. The van der Waals surface area contributed by atoms with Gasteiger partial charge in [0.1, 0.15) is 11.5 Å². The second-order valence-electron chi connectivity index (χ2n) is 4.59. The number of nitro benzene ring substituents is 1. The first-order valence-corrected chi connectivity index (χ1v) is 6.61. The van der Waals surface area contributed by atoms with Crippen molar-refractivity contribution in [3.05, 3.63) is 64.0 Å². The number of methoxy groups -OCH3 is 1. The molecular formula is C15H14FN3O4. The lowest BCUT2D eigenvalue weighted by molar-refractivity contribution is -0.383. The van der Waals surface area contributed by atoms with Crippen LogP contribution in [0.4, 0.5) is 26.2 Å². The molecule has 7 nitrogen and oxygen atoms in total. The largest absolute Gasteiger partial charge is 0.453 e. The molecule has 1 amide bonds. The number of benzene rings is 2. The fourth-order valence-corrected chi connectivity index (χ4v) is 1.87. The van der Waals surface area contributed by atoms with E-state index in [0.717, 1.165) is 5.56 Å². The fourth-order valence-electron chi connectivity index (χ4n) is 1.87. The normalized spacial score (nSPS) is 10.0. The minimum absolute atomic E-state index is 0.0363. The van der Waals surface area contributed by atoms with E-state index in [9.17, 15) is 19.3 Å². The first kappa shape index (κ1) is 16.2. The number of carbonyl (C=O) groups is 1. The molecule has 0 spiro atoms. The Bertz CT molecular complexity index is 719. The van der Waals surface area contributed by atoms with Crippen molar-refractivity contribution >= 4 is 23.2 Å². The van der Waals surface area contributed by atoms with E-state index >= 15 is 0 Å². The van der Waals surface area contributed by atoms with E-state index < -0.39 is 11.0 Å². The van der Waals surface area contributed by atoms with E-state index in [1.807, 2.05) is 0 Å². The molecule has 0 radical (unpaired) electrons. The molecule has 8 heteroatoms. The summed E-state index contributed by atoms with van der Waals surface area (Å²) in [6.45, 7) is 0.376. The third-order valence-corrected chi connectivity index (χ3v) is 3.03. The molecule has 23 heavy (non-hydrogen) atoms. The average Bonchev–Trinajstić information content (AvgIpc) is 2.55. The zero-order valence-corrected chi connectivity index (χ0v) is 12.2. The molecule has 0 unspecified atom stereocenters. The number of ether oxygens (including phenoxy) is 1. The highest BCUT2D eigenvalue weighted by atomic mass is 19.1. The van der Waals surface area contributed by atoms with E-state index in [0.29, 0.717) is 12.2 Å². The second kappa shape index (κ2) is 7.21. The summed E-state index contributed by atoms with van der Waals surface area (Å²) in [5.41, 5.74) is 1.09. The van der Waals surface area contributed by atoms with Crippen LogP contribution in [-0.4, -0.2) is 18.1 Å². The van der Waals surface area contributed by atoms with Gasteiger partial charge in [-0.1, -0.05) is 12.1 Å². The first-order valence-electron chi connectivity index (χ1n) is 6.61. The number of anilines is 2. The second-order valence-corrected chi connectivity index (χ2v) is 4.59. The number of rotatable bonds is 5. The standard InChI is InChI=1S/C15H14FN3O4/c1-23-15(20)18-13-7-6-12(8-14(13)19(21)22)17-9-10-2-4-11(16)5-3-10/h2-8,17H,9H2,1H3,(H,18,20). The van der Waals surface area contributed by atoms with Gasteiger partial charge in [-0.3, -0.25) is 15.4 Å². The van der Waals surface area contributed by atoms with E-state index in [1.165, 1.54) is 31.4 Å². The van der Waals surface area contributed by atoms with Gasteiger partial charge < -0.3 is 10.1 Å². The Labute approximate surface area is 131 Å². The number of nitro groups is 1. The SMILES string of the molecule is COC(=O)Nc1ccc(NCc2ccc(F)cc2)cc1[N+](=O)[O-]. The molecule has 0 bridgehead atoms. The summed E-state index contributed by atoms with van der Waals surface area (Å²) >= 11 is 0. The van der Waals surface area contributed by atoms with Gasteiger partial charge in [0, 0.05) is 18.3 Å². The van der Waals surface area contributed by atoms with Crippen molar-refractivity contribution in [3.63, 3.8) is 0 Å². The Morgan fingerprint density at radius 2 is 1.96 bits per heavy atom. The molecule has 0 heterocycles. The maximum Gasteiger partial charge on any atom is 0.411 e. The zero-order valence-electron chi connectivity index (χ0n) is 12.2. The summed E-state index contributed by atoms with van der Waals surface area (Å²) in [7, 11) is 1.17. The summed E-state index contributed by atoms with van der Waals surface area (Å²) in [5.74, 6) is -0.331. The Balaban J connectivity index is 2.13. The van der Waals surface area contributed by atoms with Crippen LogP contribution in [0.25, 0.3) is 0 Å². The van der Waals surface area contributed by atoms with Gasteiger partial charge >= 0.3 is 6.09 Å². The average molecular weight is 319 g/mol. The molecule has 0 atom stereocenters. The van der Waals surface area contributed by atoms with Crippen molar-refractivity contribution in [2.75, 3.05) is 17.7 Å². The van der Waals surface area contributed by atoms with Crippen LogP contribution in [0.2, 0.25) is 0 Å². The van der Waals surface area contributed by atoms with Gasteiger partial charge in [-0.25, -0.2) is 9.18 Å². The van der Waals surface area contributed by atoms with Crippen molar-refractivity contribution in [2.45, 2.75) is 6.54 Å². The highest BCUT2D eigenvalue weighted by molar-refractivity contribution is 5.88. The molecule has 0 aliphatic rings. The molecule has 0 saturated heterocycles. The summed E-state index contributed by atoms with van der Waals surface area (Å²) in [4.78, 5) is 21.7. The van der Waals surface area contributed by atoms with Gasteiger partial charge in [0.2, 0.25) is 0 Å². The summed E-state index contributed by atoms with van der Waals surface area (Å²) in [6, 6.07) is 10.2. The number of carbonyl (C=O) groups excluding carboxylic acids is 1. The van der Waals surface area contributed by atoms with Crippen LogP contribution in [0.15, 0.2) is 42.5 Å². The van der Waals surface area contributed by atoms with Crippen LogP contribution in [-0.2, 0) is 11.3 Å². The number of nitrogens with one attached hydrogen (secondary N) is 2. The van der Waals surface area contributed by atoms with Crippen molar-refractivity contribution < 1.29 is 18.8 Å². The highest BCUT2D eigenvalue weighted by Gasteiger charge is 2.16. The molecule has 0 fully saturated rings. The number of hydrogen-bond acceptors (Lipinski definition) is 5. The molecule has 0 aliphatic carbocycles. The zero-order chi connectivity index (χ0) is 16.8. The van der Waals surface area contributed by atoms with Crippen LogP contribution < -0.4 is 10.6 Å². The number of nitrogens with zero attached hydrogens (tertiary/aromatic N) is 1. The Morgan fingerprint density at radius 3 is 2.57 bits per heavy atom. The lowest BCUT2D eigenvalue weighted by atomic mass is 10.2. The Hall–Kier alpha value is -3.16. The number of halogens is 1. The van der Waals surface area contributed by atoms with E-state index in [4.69, 9.17) is 0 Å². The van der Waals surface area contributed by atoms with Gasteiger partial charge in [0.25, 0.3) is 5.69 Å². The van der Waals surface area contributed by atoms with Crippen LogP contribution in [0, 0.1) is 15.9 Å². The predicted molar refractivity (Wildman–Crippen MR) is 82.9 cm³/mol. The number of amides is 1. The summed E-state index contributed by atoms with van der Waals surface area (Å²) in [6.07, 6.45) is -0.792. The van der Waals surface area contributed by atoms with Crippen LogP contribution in [0.3, 0.4) is 0 Å². The molecule has 0 aliphatic heterocycles. The molecule has 2 aromatic rings. The van der Waals surface area contributed by atoms with Gasteiger partial charge in [-0.2, -0.15) is 0 Å². The Morgan fingerprint density at radius 1 is 1.26 bits per heavy atom. The van der Waals surface area contributed by atoms with E-state index in [1.54, 1.807) is 18.2 Å². The summed E-state index contributed by atoms with van der Waals surface area (Å²) < 4.78 is 17.2. The number of hydrogen-bond donors (Lipinski definition) is 2. The first-order chi connectivity index (χ1) is 11.0. The molecule has 2 aromatic carbocycles. The lowest BCUT2D eigenvalue weighted by Crippen LogP contribution is -2.12. The third-order valence-electron chi connectivity index (χ3n) is 3.03. The van der Waals surface area contributed by atoms with Crippen molar-refractivity contribution in [1.82, 2.24) is 0 Å². The van der Waals surface area contributed by atoms with Gasteiger partial charge in [0.05, 0.1) is 12.0 Å². The van der Waals surface area contributed by atoms with Crippen molar-refractivity contribution in [3.8, 4) is 0 Å². The van der Waals surface area contributed by atoms with Crippen LogP contribution >= 0.6 is 0 Å². The third kappa shape index (κ3) is 4.40. The van der Waals surface area contributed by atoms with Gasteiger partial charge in [0.15, 0.2) is 0 Å². The minimum atomic E-state index is -0.792. The van der Waals surface area contributed by atoms with Gasteiger partial charge in [-0.05, 0) is 29.8 Å². The molecule has 0 saturated carbocycles. The van der Waals surface area contributed by atoms with Crippen LogP contribution in [0.5, 0.6) is 0 Å². The van der Waals surface area contributed by atoms with Crippen molar-refractivity contribution in [2.24, 2.45) is 0 Å². The maximum atomic E-state index is 12.8. The minimum Gasteiger partial charge on any atom is -0.453 e. The molecular weight excluding hydrogens is 305 g/mol. The van der Waals surface area contributed by atoms with E-state index in [2.05, 4.69) is 15.4 Å². The highest BCUT2D eigenvalue weighted by Crippen LogP contribution is 2.28. The Kier molecular flexibility index (Phi) is 5.08. The summed E-state index contributed by atoms with van der Waals surface area (Å²) in [5, 5.41) is 16.4. The van der Waals surface area contributed by atoms with Crippen LogP contribution in [0.1, 0.15) is 5.56 Å². The predicted octanol–water partition coefficient (Wildman–Crippen LogP) is 3.52. The maximum absolute atomic E-state index is 12.8. The lowest BCUT2D eigenvalue weighted by Gasteiger charge is -2.09. The molecule has 2 rings (SSSR count). The molecule has 2 N–H and O–H groups in total.